The van der Waals surface area contributed by atoms with E-state index < -0.39 is 22.6 Å². The second kappa shape index (κ2) is 4.48. The van der Waals surface area contributed by atoms with E-state index >= 15 is 0 Å². The van der Waals surface area contributed by atoms with Crippen molar-refractivity contribution in [2.24, 2.45) is 5.92 Å². The molecule has 20 heavy (non-hydrogen) atoms. The summed E-state index contributed by atoms with van der Waals surface area (Å²) in [5.74, 6) is -1.16. The highest BCUT2D eigenvalue weighted by Gasteiger charge is 2.35. The number of nitro benzene ring substituents is 1. The van der Waals surface area contributed by atoms with Crippen LogP contribution >= 0.6 is 0 Å². The molecule has 0 aromatic heterocycles. The Morgan fingerprint density at radius 1 is 1.25 bits per heavy atom. The van der Waals surface area contributed by atoms with Crippen molar-refractivity contribution in [3.8, 4) is 11.5 Å². The molecule has 2 aliphatic heterocycles. The molecule has 0 saturated carbocycles. The predicted molar refractivity (Wildman–Crippen MR) is 62.6 cm³/mol. The van der Waals surface area contributed by atoms with Crippen molar-refractivity contribution in [1.82, 2.24) is 0 Å². The van der Waals surface area contributed by atoms with Gasteiger partial charge in [0.05, 0.1) is 28.9 Å². The third-order valence-corrected chi connectivity index (χ3v) is 3.18. The molecule has 0 bridgehead atoms. The monoisotopic (exact) mass is 279 g/mol. The lowest BCUT2D eigenvalue weighted by atomic mass is 9.95. The van der Waals surface area contributed by atoms with Crippen LogP contribution in [-0.2, 0) is 9.53 Å². The normalized spacial score (nSPS) is 19.8. The maximum atomic E-state index is 12.3. The minimum atomic E-state index is -0.693. The van der Waals surface area contributed by atoms with Gasteiger partial charge < -0.3 is 14.2 Å². The summed E-state index contributed by atoms with van der Waals surface area (Å²) in [6, 6.07) is 2.44. The number of hydrogen-bond acceptors (Lipinski definition) is 7. The molecule has 0 radical (unpaired) electrons. The number of rotatable bonds is 3. The van der Waals surface area contributed by atoms with Gasteiger partial charge in [-0.15, -0.1) is 0 Å². The smallest absolute Gasteiger partial charge is 0.306 e. The molecule has 1 aromatic rings. The molecular weight excluding hydrogens is 270 g/mol. The van der Waals surface area contributed by atoms with E-state index in [1.165, 1.54) is 6.07 Å². The number of nitrogens with zero attached hydrogens (tertiary/aromatic N) is 1. The van der Waals surface area contributed by atoms with Gasteiger partial charge in [-0.05, 0) is 0 Å². The van der Waals surface area contributed by atoms with E-state index in [-0.39, 0.29) is 42.6 Å². The van der Waals surface area contributed by atoms with E-state index in [1.54, 1.807) is 0 Å². The zero-order chi connectivity index (χ0) is 14.3. The number of Topliss-reactive ketones (excluding diaryl/α,β-unsaturated/α-hetero) is 1. The number of fused-ring (bicyclic) bond motifs is 1. The average Bonchev–Trinajstić information content (AvgIpc) is 3.04. The third kappa shape index (κ3) is 1.94. The van der Waals surface area contributed by atoms with Crippen molar-refractivity contribution in [3.05, 3.63) is 27.8 Å². The van der Waals surface area contributed by atoms with Crippen LogP contribution in [0.3, 0.4) is 0 Å². The van der Waals surface area contributed by atoms with Crippen molar-refractivity contribution in [2.45, 2.75) is 6.42 Å². The van der Waals surface area contributed by atoms with Crippen LogP contribution in [0.15, 0.2) is 12.1 Å². The Labute approximate surface area is 112 Å². The van der Waals surface area contributed by atoms with Crippen LogP contribution in [0.5, 0.6) is 11.5 Å². The van der Waals surface area contributed by atoms with Crippen LogP contribution in [0.4, 0.5) is 5.69 Å². The van der Waals surface area contributed by atoms with Gasteiger partial charge in [0.1, 0.15) is 6.61 Å². The van der Waals surface area contributed by atoms with E-state index in [2.05, 4.69) is 0 Å². The molecule has 2 heterocycles. The number of benzene rings is 1. The first-order valence-corrected chi connectivity index (χ1v) is 5.84. The average molecular weight is 279 g/mol. The Hall–Kier alpha value is -2.64. The molecule has 1 saturated heterocycles. The van der Waals surface area contributed by atoms with Crippen molar-refractivity contribution in [2.75, 3.05) is 13.4 Å². The van der Waals surface area contributed by atoms with Crippen molar-refractivity contribution in [3.63, 3.8) is 0 Å². The van der Waals surface area contributed by atoms with Gasteiger partial charge in [-0.25, -0.2) is 0 Å². The molecule has 0 aliphatic carbocycles. The van der Waals surface area contributed by atoms with Crippen LogP contribution in [-0.4, -0.2) is 30.1 Å². The summed E-state index contributed by atoms with van der Waals surface area (Å²) < 4.78 is 14.9. The summed E-state index contributed by atoms with van der Waals surface area (Å²) in [7, 11) is 0. The molecule has 3 rings (SSSR count). The predicted octanol–water partition coefficient (Wildman–Crippen LogP) is 1.07. The SMILES string of the molecule is O=C1CC(C(=O)c2cc3c(cc2[N+](=O)[O-])OCO3)CO1. The van der Waals surface area contributed by atoms with Crippen LogP contribution in [0.25, 0.3) is 0 Å². The topological polar surface area (TPSA) is 105 Å². The van der Waals surface area contributed by atoms with E-state index in [1.807, 2.05) is 0 Å². The van der Waals surface area contributed by atoms with Crippen molar-refractivity contribution >= 4 is 17.4 Å². The Morgan fingerprint density at radius 2 is 1.95 bits per heavy atom. The largest absolute Gasteiger partial charge is 0.465 e. The lowest BCUT2D eigenvalue weighted by Gasteiger charge is -2.07. The van der Waals surface area contributed by atoms with E-state index in [0.717, 1.165) is 6.07 Å². The lowest BCUT2D eigenvalue weighted by Crippen LogP contribution is -2.16. The summed E-state index contributed by atoms with van der Waals surface area (Å²) in [5.41, 5.74) is -0.457. The van der Waals surface area contributed by atoms with E-state index in [9.17, 15) is 19.7 Å². The highest BCUT2D eigenvalue weighted by molar-refractivity contribution is 6.04. The van der Waals surface area contributed by atoms with Gasteiger partial charge in [0.25, 0.3) is 5.69 Å². The second-order valence-electron chi connectivity index (χ2n) is 4.43. The molecule has 2 aliphatic rings. The van der Waals surface area contributed by atoms with Crippen molar-refractivity contribution < 1.29 is 28.7 Å². The molecule has 0 N–H and O–H groups in total. The molecule has 1 atom stereocenters. The van der Waals surface area contributed by atoms with Gasteiger partial charge >= 0.3 is 5.97 Å². The van der Waals surface area contributed by atoms with E-state index in [4.69, 9.17) is 14.2 Å². The van der Waals surface area contributed by atoms with Gasteiger partial charge in [-0.3, -0.25) is 19.7 Å². The Kier molecular flexibility index (Phi) is 2.78. The third-order valence-electron chi connectivity index (χ3n) is 3.18. The van der Waals surface area contributed by atoms with Gasteiger partial charge in [-0.1, -0.05) is 0 Å². The molecule has 0 amide bonds. The van der Waals surface area contributed by atoms with E-state index in [0.29, 0.717) is 0 Å². The van der Waals surface area contributed by atoms with Gasteiger partial charge in [0.2, 0.25) is 6.79 Å². The maximum absolute atomic E-state index is 12.3. The molecule has 1 fully saturated rings. The Morgan fingerprint density at radius 3 is 2.55 bits per heavy atom. The standard InChI is InChI=1S/C12H9NO7/c14-11-1-6(4-18-11)12(15)7-2-9-10(20-5-19-9)3-8(7)13(16)17/h2-3,6H,1,4-5H2. The van der Waals surface area contributed by atoms with Gasteiger partial charge in [0.15, 0.2) is 17.3 Å². The molecule has 8 heteroatoms. The number of hydrogen-bond donors (Lipinski definition) is 0. The zero-order valence-corrected chi connectivity index (χ0v) is 10.2. The lowest BCUT2D eigenvalue weighted by molar-refractivity contribution is -0.385. The summed E-state index contributed by atoms with van der Waals surface area (Å²) in [6.45, 7) is -0.0988. The molecule has 0 spiro atoms. The quantitative estimate of drug-likeness (QED) is 0.352. The number of carbonyl (C=O) groups excluding carboxylic acids is 2. The number of carbonyl (C=O) groups is 2. The summed E-state index contributed by atoms with van der Waals surface area (Å²) in [4.78, 5) is 33.7. The number of ether oxygens (including phenoxy) is 3. The Balaban J connectivity index is 2.01. The Bertz CT molecular complexity index is 624. The first-order chi connectivity index (χ1) is 9.56. The fourth-order valence-electron chi connectivity index (χ4n) is 2.18. The van der Waals surface area contributed by atoms with Gasteiger partial charge in [0, 0.05) is 6.07 Å². The fraction of sp³-hybridized carbons (Fsp3) is 0.333. The van der Waals surface area contributed by atoms with Crippen LogP contribution in [0.2, 0.25) is 0 Å². The molecule has 104 valence electrons. The molecular formula is C12H9NO7. The highest BCUT2D eigenvalue weighted by Crippen LogP contribution is 2.39. The number of cyclic esters (lactones) is 1. The molecule has 1 unspecified atom stereocenters. The molecule has 1 aromatic carbocycles. The van der Waals surface area contributed by atoms with Gasteiger partial charge in [-0.2, -0.15) is 0 Å². The first-order valence-electron chi connectivity index (χ1n) is 5.84. The number of ketones is 1. The minimum Gasteiger partial charge on any atom is -0.465 e. The zero-order valence-electron chi connectivity index (χ0n) is 10.2. The fourth-order valence-corrected chi connectivity index (χ4v) is 2.18. The highest BCUT2D eigenvalue weighted by atomic mass is 16.7. The molecule has 8 nitrogen and oxygen atoms in total. The maximum Gasteiger partial charge on any atom is 0.306 e. The van der Waals surface area contributed by atoms with Crippen molar-refractivity contribution in [1.29, 1.82) is 0 Å². The minimum absolute atomic E-state index is 0.0465. The van der Waals surface area contributed by atoms with Crippen LogP contribution < -0.4 is 9.47 Å². The van der Waals surface area contributed by atoms with Crippen LogP contribution in [0, 0.1) is 16.0 Å². The second-order valence-corrected chi connectivity index (χ2v) is 4.43. The number of nitro groups is 1. The summed E-state index contributed by atoms with van der Waals surface area (Å²) in [6.07, 6.45) is -0.0651. The first kappa shape index (κ1) is 12.4. The number of esters is 1. The summed E-state index contributed by atoms with van der Waals surface area (Å²) in [5, 5.41) is 11.1. The van der Waals surface area contributed by atoms with Crippen LogP contribution in [0.1, 0.15) is 16.8 Å². The summed E-state index contributed by atoms with van der Waals surface area (Å²) >= 11 is 0.